The molecule has 5 rings (SSSR count). The van der Waals surface area contributed by atoms with E-state index in [4.69, 9.17) is 45.6 Å². The molecule has 1 aliphatic carbocycles. The molecule has 2 heterocycles. The molecular weight excluding hydrogens is 546 g/mol. The number of benzene rings is 2. The van der Waals surface area contributed by atoms with E-state index in [0.717, 1.165) is 24.8 Å². The van der Waals surface area contributed by atoms with E-state index in [1.54, 1.807) is 42.5 Å². The molecule has 0 bridgehead atoms. The molecule has 0 radical (unpaired) electrons. The highest BCUT2D eigenvalue weighted by molar-refractivity contribution is 6.33. The summed E-state index contributed by atoms with van der Waals surface area (Å²) in [5, 5.41) is 48.8. The minimum absolute atomic E-state index is 0.110. The first-order valence-electron chi connectivity index (χ1n) is 12.8. The SMILES string of the molecule is COC1(c2ccc(/C=C/C#N)c(OCc3ccc(OC4OC(CO)C(O)C(O)C4O)cc3)c2Cl)OOC12CCC2. The molecule has 6 atom stereocenters. The molecule has 3 fully saturated rings. The normalized spacial score (nSPS) is 30.9. The van der Waals surface area contributed by atoms with Crippen LogP contribution in [0.5, 0.6) is 11.5 Å². The Morgan fingerprint density at radius 1 is 1.07 bits per heavy atom. The summed E-state index contributed by atoms with van der Waals surface area (Å²) in [6.45, 7) is -0.443. The summed E-state index contributed by atoms with van der Waals surface area (Å²) in [4.78, 5) is 11.0. The lowest BCUT2D eigenvalue weighted by Gasteiger charge is -2.59. The van der Waals surface area contributed by atoms with Gasteiger partial charge in [-0.15, -0.1) is 0 Å². The summed E-state index contributed by atoms with van der Waals surface area (Å²) < 4.78 is 23.0. The molecule has 11 nitrogen and oxygen atoms in total. The van der Waals surface area contributed by atoms with Crippen molar-refractivity contribution in [3.8, 4) is 17.6 Å². The van der Waals surface area contributed by atoms with Gasteiger partial charge in [-0.2, -0.15) is 10.1 Å². The molecule has 6 unspecified atom stereocenters. The Hall–Kier alpha value is -2.76. The predicted molar refractivity (Wildman–Crippen MR) is 139 cm³/mol. The molecule has 2 aromatic carbocycles. The molecule has 40 heavy (non-hydrogen) atoms. The highest BCUT2D eigenvalue weighted by Crippen LogP contribution is 2.61. The topological polar surface area (TPSA) is 160 Å². The summed E-state index contributed by atoms with van der Waals surface area (Å²) in [6, 6.07) is 12.2. The number of nitriles is 1. The van der Waals surface area contributed by atoms with Gasteiger partial charge in [0.1, 0.15) is 42.5 Å². The van der Waals surface area contributed by atoms with E-state index >= 15 is 0 Å². The number of ether oxygens (including phenoxy) is 4. The number of halogens is 1. The molecule has 2 aliphatic heterocycles. The highest BCUT2D eigenvalue weighted by atomic mass is 35.5. The van der Waals surface area contributed by atoms with Gasteiger partial charge in [0.15, 0.2) is 5.60 Å². The molecule has 3 aliphatic rings. The van der Waals surface area contributed by atoms with Gasteiger partial charge in [-0.3, -0.25) is 0 Å². The second-order valence-electron chi connectivity index (χ2n) is 9.89. The molecule has 12 heteroatoms. The molecule has 4 N–H and O–H groups in total. The minimum atomic E-state index is -1.54. The minimum Gasteiger partial charge on any atom is -0.487 e. The van der Waals surface area contributed by atoms with E-state index in [0.29, 0.717) is 22.6 Å². The van der Waals surface area contributed by atoms with Gasteiger partial charge >= 0.3 is 0 Å². The molecule has 2 aromatic rings. The third-order valence-corrected chi connectivity index (χ3v) is 7.97. The van der Waals surface area contributed by atoms with E-state index in [9.17, 15) is 20.4 Å². The fourth-order valence-electron chi connectivity index (χ4n) is 5.11. The number of nitrogens with zero attached hydrogens (tertiary/aromatic N) is 1. The zero-order valence-electron chi connectivity index (χ0n) is 21.6. The molecule has 1 saturated carbocycles. The van der Waals surface area contributed by atoms with Crippen molar-refractivity contribution in [1.82, 2.24) is 0 Å². The van der Waals surface area contributed by atoms with Crippen LogP contribution in [0.15, 0.2) is 42.5 Å². The first-order valence-corrected chi connectivity index (χ1v) is 13.2. The summed E-state index contributed by atoms with van der Waals surface area (Å²) in [5.74, 6) is -0.504. The monoisotopic (exact) mass is 575 g/mol. The predicted octanol–water partition coefficient (Wildman–Crippen LogP) is 2.32. The second-order valence-corrected chi connectivity index (χ2v) is 10.3. The van der Waals surface area contributed by atoms with Crippen molar-refractivity contribution in [3.05, 3.63) is 64.2 Å². The number of aliphatic hydroxyl groups excluding tert-OH is 4. The average molecular weight is 576 g/mol. The Labute approximate surface area is 235 Å². The molecule has 1 spiro atoms. The van der Waals surface area contributed by atoms with Crippen LogP contribution in [-0.4, -0.2) is 70.4 Å². The molecule has 0 aromatic heterocycles. The Bertz CT molecular complexity index is 1270. The maximum atomic E-state index is 10.2. The third-order valence-electron chi connectivity index (χ3n) is 7.59. The van der Waals surface area contributed by atoms with Crippen LogP contribution in [0.4, 0.5) is 0 Å². The molecule has 0 amide bonds. The van der Waals surface area contributed by atoms with Crippen molar-refractivity contribution in [1.29, 1.82) is 5.26 Å². The maximum absolute atomic E-state index is 10.2. The average Bonchev–Trinajstić information content (AvgIpc) is 2.92. The lowest BCUT2D eigenvalue weighted by atomic mass is 9.70. The van der Waals surface area contributed by atoms with Crippen LogP contribution in [0.25, 0.3) is 6.08 Å². The van der Waals surface area contributed by atoms with Gasteiger partial charge in [-0.1, -0.05) is 35.9 Å². The van der Waals surface area contributed by atoms with E-state index in [2.05, 4.69) is 0 Å². The van der Waals surface area contributed by atoms with Crippen LogP contribution < -0.4 is 9.47 Å². The highest BCUT2D eigenvalue weighted by Gasteiger charge is 2.69. The van der Waals surface area contributed by atoms with Crippen LogP contribution in [0.3, 0.4) is 0 Å². The Balaban J connectivity index is 1.32. The summed E-state index contributed by atoms with van der Waals surface area (Å²) >= 11 is 6.87. The summed E-state index contributed by atoms with van der Waals surface area (Å²) in [7, 11) is 1.54. The Kier molecular flexibility index (Phi) is 8.35. The molecule has 2 saturated heterocycles. The van der Waals surface area contributed by atoms with E-state index in [-0.39, 0.29) is 11.6 Å². The summed E-state index contributed by atoms with van der Waals surface area (Å²) in [6.07, 6.45) is -1.47. The smallest absolute Gasteiger partial charge is 0.261 e. The van der Waals surface area contributed by atoms with E-state index in [1.165, 1.54) is 13.2 Å². The number of hydrogen-bond acceptors (Lipinski definition) is 11. The number of allylic oxidation sites excluding steroid dienone is 1. The van der Waals surface area contributed by atoms with Crippen LogP contribution in [0.2, 0.25) is 5.02 Å². The molecule has 214 valence electrons. The van der Waals surface area contributed by atoms with Crippen molar-refractivity contribution in [2.45, 2.75) is 68.0 Å². The standard InChI is InChI=1S/C28H30ClNO10/c1-35-28(27(39-40-28)11-3-12-27)19-10-7-17(4-2-13-30)25(21(19)29)36-15-16-5-8-18(9-6-16)37-26-24(34)23(33)22(32)20(14-31)38-26/h2,4-10,20,22-24,26,31-34H,3,11-12,14-15H2,1H3/b4-2+. The van der Waals surface area contributed by atoms with Crippen molar-refractivity contribution < 1.29 is 49.1 Å². The largest absolute Gasteiger partial charge is 0.487 e. The zero-order chi connectivity index (χ0) is 28.5. The number of methoxy groups -OCH3 is 1. The van der Waals surface area contributed by atoms with Gasteiger partial charge in [-0.05, 0) is 43.0 Å². The number of rotatable bonds is 9. The fraction of sp³-hybridized carbons (Fsp3) is 0.464. The van der Waals surface area contributed by atoms with Crippen molar-refractivity contribution in [3.63, 3.8) is 0 Å². The van der Waals surface area contributed by atoms with E-state index < -0.39 is 48.7 Å². The second kappa shape index (κ2) is 11.6. The first-order chi connectivity index (χ1) is 19.3. The maximum Gasteiger partial charge on any atom is 0.261 e. The Morgan fingerprint density at radius 2 is 1.82 bits per heavy atom. The zero-order valence-corrected chi connectivity index (χ0v) is 22.4. The van der Waals surface area contributed by atoms with Gasteiger partial charge in [-0.25, -0.2) is 4.89 Å². The lowest BCUT2D eigenvalue weighted by Crippen LogP contribution is -2.69. The van der Waals surface area contributed by atoms with Crippen molar-refractivity contribution >= 4 is 17.7 Å². The quantitative estimate of drug-likeness (QED) is 0.256. The van der Waals surface area contributed by atoms with Crippen LogP contribution in [0.1, 0.15) is 36.0 Å². The van der Waals surface area contributed by atoms with Gasteiger partial charge in [0.25, 0.3) is 5.79 Å². The van der Waals surface area contributed by atoms with Crippen LogP contribution in [0, 0.1) is 11.3 Å². The first kappa shape index (κ1) is 28.8. The number of hydrogen-bond donors (Lipinski definition) is 4. The van der Waals surface area contributed by atoms with E-state index in [1.807, 2.05) is 6.07 Å². The van der Waals surface area contributed by atoms with Crippen molar-refractivity contribution in [2.24, 2.45) is 0 Å². The third kappa shape index (κ3) is 4.86. The van der Waals surface area contributed by atoms with Gasteiger partial charge in [0.2, 0.25) is 6.29 Å². The van der Waals surface area contributed by atoms with Gasteiger partial charge in [0.05, 0.1) is 17.7 Å². The van der Waals surface area contributed by atoms with Gasteiger partial charge in [0, 0.05) is 24.3 Å². The van der Waals surface area contributed by atoms with Gasteiger partial charge < -0.3 is 39.4 Å². The fourth-order valence-corrected chi connectivity index (χ4v) is 5.47. The van der Waals surface area contributed by atoms with Crippen LogP contribution >= 0.6 is 11.6 Å². The number of aliphatic hydroxyl groups is 4. The summed E-state index contributed by atoms with van der Waals surface area (Å²) in [5.41, 5.74) is 1.30. The Morgan fingerprint density at radius 3 is 2.40 bits per heavy atom. The van der Waals surface area contributed by atoms with Crippen molar-refractivity contribution in [2.75, 3.05) is 13.7 Å². The van der Waals surface area contributed by atoms with Crippen LogP contribution in [-0.2, 0) is 31.6 Å². The lowest BCUT2D eigenvalue weighted by molar-refractivity contribution is -0.631. The molecular formula is C28H30ClNO10.